The minimum Gasteiger partial charge on any atom is -0.207 e. The minimum atomic E-state index is -0.545. The Morgan fingerprint density at radius 1 is 1.06 bits per heavy atom. The van der Waals surface area contributed by atoms with Crippen LogP contribution in [0.5, 0.6) is 0 Å². The second-order valence-corrected chi connectivity index (χ2v) is 3.99. The third kappa shape index (κ3) is 2.34. The highest BCUT2D eigenvalue weighted by Gasteiger charge is 2.16. The van der Waals surface area contributed by atoms with Crippen molar-refractivity contribution in [3.05, 3.63) is 71.0 Å². The first-order valence-corrected chi connectivity index (χ1v) is 5.43. The fraction of sp³-hybridized carbons (Fsp3) is 0.133. The van der Waals surface area contributed by atoms with E-state index in [1.54, 1.807) is 18.2 Å². The van der Waals surface area contributed by atoms with Crippen molar-refractivity contribution in [3.63, 3.8) is 0 Å². The lowest BCUT2D eigenvalue weighted by atomic mass is 9.92. The van der Waals surface area contributed by atoms with Crippen molar-refractivity contribution in [3.8, 4) is 6.07 Å². The Morgan fingerprint density at radius 2 is 1.71 bits per heavy atom. The van der Waals surface area contributed by atoms with Gasteiger partial charge in [-0.25, -0.2) is 4.39 Å². The average molecular weight is 225 g/mol. The van der Waals surface area contributed by atoms with Gasteiger partial charge >= 0.3 is 0 Å². The summed E-state index contributed by atoms with van der Waals surface area (Å²) in [6, 6.07) is 16.2. The average Bonchev–Trinajstić information content (AvgIpc) is 2.35. The maximum atomic E-state index is 13.6. The molecule has 0 radical (unpaired) electrons. The van der Waals surface area contributed by atoms with E-state index in [-0.39, 0.29) is 5.82 Å². The van der Waals surface area contributed by atoms with Crippen LogP contribution >= 0.6 is 0 Å². The topological polar surface area (TPSA) is 23.8 Å². The van der Waals surface area contributed by atoms with Gasteiger partial charge in [-0.2, -0.15) is 5.26 Å². The summed E-state index contributed by atoms with van der Waals surface area (Å²) in [5.74, 6) is -0.878. The van der Waals surface area contributed by atoms with Crippen LogP contribution in [-0.4, -0.2) is 0 Å². The van der Waals surface area contributed by atoms with E-state index in [1.165, 1.54) is 6.07 Å². The highest BCUT2D eigenvalue weighted by molar-refractivity contribution is 5.39. The summed E-state index contributed by atoms with van der Waals surface area (Å²) in [7, 11) is 0. The molecular formula is C15H12FN. The number of nitriles is 1. The first-order valence-electron chi connectivity index (χ1n) is 5.43. The number of aryl methyl sites for hydroxylation is 1. The summed E-state index contributed by atoms with van der Waals surface area (Å²) in [4.78, 5) is 0. The zero-order valence-corrected chi connectivity index (χ0v) is 9.52. The molecule has 1 unspecified atom stereocenters. The first-order chi connectivity index (χ1) is 8.22. The molecule has 0 bridgehead atoms. The molecular weight excluding hydrogens is 213 g/mol. The molecule has 2 rings (SSSR count). The summed E-state index contributed by atoms with van der Waals surface area (Å²) in [6.45, 7) is 1.98. The van der Waals surface area contributed by atoms with Crippen molar-refractivity contribution >= 4 is 0 Å². The Kier molecular flexibility index (Phi) is 3.20. The second kappa shape index (κ2) is 4.80. The molecule has 0 spiro atoms. The third-order valence-corrected chi connectivity index (χ3v) is 2.76. The molecule has 2 aromatic carbocycles. The third-order valence-electron chi connectivity index (χ3n) is 2.76. The maximum absolute atomic E-state index is 13.6. The smallest absolute Gasteiger partial charge is 0.128 e. The standard InChI is InChI=1S/C15H12FN/c1-11-6-8-12(9-7-11)14(10-17)13-4-2-3-5-15(13)16/h2-9,14H,1H3. The van der Waals surface area contributed by atoms with Gasteiger partial charge in [0.15, 0.2) is 0 Å². The zero-order chi connectivity index (χ0) is 12.3. The van der Waals surface area contributed by atoms with Gasteiger partial charge in [-0.15, -0.1) is 0 Å². The maximum Gasteiger partial charge on any atom is 0.128 e. The van der Waals surface area contributed by atoms with Gasteiger partial charge in [0.2, 0.25) is 0 Å². The van der Waals surface area contributed by atoms with Crippen molar-refractivity contribution in [2.45, 2.75) is 12.8 Å². The van der Waals surface area contributed by atoms with E-state index >= 15 is 0 Å². The van der Waals surface area contributed by atoms with Gasteiger partial charge in [0.05, 0.1) is 12.0 Å². The van der Waals surface area contributed by atoms with Crippen LogP contribution in [0.2, 0.25) is 0 Å². The normalized spacial score (nSPS) is 11.8. The van der Waals surface area contributed by atoms with Gasteiger partial charge in [0.1, 0.15) is 5.82 Å². The molecule has 0 saturated heterocycles. The second-order valence-electron chi connectivity index (χ2n) is 3.99. The highest BCUT2D eigenvalue weighted by Crippen LogP contribution is 2.26. The fourth-order valence-electron chi connectivity index (χ4n) is 1.79. The van der Waals surface area contributed by atoms with Crippen LogP contribution in [0.4, 0.5) is 4.39 Å². The molecule has 17 heavy (non-hydrogen) atoms. The van der Waals surface area contributed by atoms with Crippen LogP contribution < -0.4 is 0 Å². The van der Waals surface area contributed by atoms with Gasteiger partial charge < -0.3 is 0 Å². The summed E-state index contributed by atoms with van der Waals surface area (Å²) in [5, 5.41) is 9.21. The molecule has 1 atom stereocenters. The summed E-state index contributed by atoms with van der Waals surface area (Å²) >= 11 is 0. The number of hydrogen-bond donors (Lipinski definition) is 0. The van der Waals surface area contributed by atoms with E-state index in [0.29, 0.717) is 5.56 Å². The molecule has 0 N–H and O–H groups in total. The summed E-state index contributed by atoms with van der Waals surface area (Å²) in [6.07, 6.45) is 0. The highest BCUT2D eigenvalue weighted by atomic mass is 19.1. The van der Waals surface area contributed by atoms with Crippen LogP contribution in [0, 0.1) is 24.1 Å². The Balaban J connectivity index is 2.45. The molecule has 0 fully saturated rings. The van der Waals surface area contributed by atoms with Gasteiger partial charge in [-0.05, 0) is 18.6 Å². The molecule has 0 saturated carbocycles. The van der Waals surface area contributed by atoms with Gasteiger partial charge in [0.25, 0.3) is 0 Å². The monoisotopic (exact) mass is 225 g/mol. The largest absolute Gasteiger partial charge is 0.207 e. The molecule has 0 aromatic heterocycles. The molecule has 0 aliphatic heterocycles. The Bertz CT molecular complexity index is 552. The molecule has 0 aliphatic carbocycles. The van der Waals surface area contributed by atoms with E-state index in [2.05, 4.69) is 6.07 Å². The predicted molar refractivity (Wildman–Crippen MR) is 65.0 cm³/mol. The number of hydrogen-bond acceptors (Lipinski definition) is 1. The van der Waals surface area contributed by atoms with Crippen LogP contribution in [0.3, 0.4) is 0 Å². The molecule has 0 aliphatic rings. The van der Waals surface area contributed by atoms with Crippen molar-refractivity contribution in [1.29, 1.82) is 5.26 Å². The van der Waals surface area contributed by atoms with Crippen LogP contribution in [0.25, 0.3) is 0 Å². The van der Waals surface area contributed by atoms with Gasteiger partial charge in [-0.3, -0.25) is 0 Å². The molecule has 2 aromatic rings. The van der Waals surface area contributed by atoms with E-state index in [4.69, 9.17) is 0 Å². The molecule has 84 valence electrons. The Hall–Kier alpha value is -2.14. The summed E-state index contributed by atoms with van der Waals surface area (Å²) in [5.41, 5.74) is 2.38. The van der Waals surface area contributed by atoms with E-state index in [0.717, 1.165) is 11.1 Å². The van der Waals surface area contributed by atoms with Crippen molar-refractivity contribution < 1.29 is 4.39 Å². The van der Waals surface area contributed by atoms with Crippen molar-refractivity contribution in [1.82, 2.24) is 0 Å². The van der Waals surface area contributed by atoms with E-state index < -0.39 is 5.92 Å². The van der Waals surface area contributed by atoms with Crippen LogP contribution in [0.15, 0.2) is 48.5 Å². The Morgan fingerprint density at radius 3 is 2.29 bits per heavy atom. The van der Waals surface area contributed by atoms with Crippen molar-refractivity contribution in [2.75, 3.05) is 0 Å². The van der Waals surface area contributed by atoms with Crippen molar-refractivity contribution in [2.24, 2.45) is 0 Å². The fourth-order valence-corrected chi connectivity index (χ4v) is 1.79. The minimum absolute atomic E-state index is 0.334. The number of benzene rings is 2. The first kappa shape index (κ1) is 11.3. The number of rotatable bonds is 2. The van der Waals surface area contributed by atoms with Gasteiger partial charge in [0, 0.05) is 5.56 Å². The predicted octanol–water partition coefficient (Wildman–Crippen LogP) is 3.79. The van der Waals surface area contributed by atoms with Crippen LogP contribution in [0.1, 0.15) is 22.6 Å². The van der Waals surface area contributed by atoms with Crippen LogP contribution in [-0.2, 0) is 0 Å². The molecule has 2 heteroatoms. The van der Waals surface area contributed by atoms with E-state index in [1.807, 2.05) is 31.2 Å². The molecule has 1 nitrogen and oxygen atoms in total. The number of nitrogens with zero attached hydrogens (tertiary/aromatic N) is 1. The van der Waals surface area contributed by atoms with E-state index in [9.17, 15) is 9.65 Å². The lowest BCUT2D eigenvalue weighted by molar-refractivity contribution is 0.609. The zero-order valence-electron chi connectivity index (χ0n) is 9.52. The van der Waals surface area contributed by atoms with Gasteiger partial charge in [-0.1, -0.05) is 48.0 Å². The summed E-state index contributed by atoms with van der Waals surface area (Å²) < 4.78 is 13.6. The lowest BCUT2D eigenvalue weighted by Gasteiger charge is -2.11. The number of halogens is 1. The SMILES string of the molecule is Cc1ccc(C(C#N)c2ccccc2F)cc1. The molecule has 0 amide bonds. The molecule has 0 heterocycles. The Labute approximate surface area is 100 Å². The lowest BCUT2D eigenvalue weighted by Crippen LogP contribution is -2.01. The quantitative estimate of drug-likeness (QED) is 0.762.